The molecule has 0 unspecified atom stereocenters. The molecule has 1 aromatic carbocycles. The summed E-state index contributed by atoms with van der Waals surface area (Å²) in [7, 11) is 0. The Balaban J connectivity index is 2.68. The largest absolute Gasteiger partial charge is 0.480 e. The SMILES string of the molecule is CCCN(CC(=O)O)c1c([N+](=O)[O-])cnc2ccccc12. The van der Waals surface area contributed by atoms with Crippen molar-refractivity contribution in [1.29, 1.82) is 0 Å². The quantitative estimate of drug-likeness (QED) is 0.648. The molecule has 21 heavy (non-hydrogen) atoms. The third kappa shape index (κ3) is 3.07. The number of benzene rings is 1. The van der Waals surface area contributed by atoms with Gasteiger partial charge in [-0.3, -0.25) is 14.9 Å². The first-order chi connectivity index (χ1) is 10.0. The Labute approximate surface area is 121 Å². The molecule has 0 aliphatic rings. The molecule has 2 aromatic rings. The maximum Gasteiger partial charge on any atom is 0.323 e. The van der Waals surface area contributed by atoms with Gasteiger partial charge in [0.05, 0.1) is 10.4 Å². The van der Waals surface area contributed by atoms with Crippen molar-refractivity contribution in [1.82, 2.24) is 4.98 Å². The van der Waals surface area contributed by atoms with Crippen molar-refractivity contribution < 1.29 is 14.8 Å². The summed E-state index contributed by atoms with van der Waals surface area (Å²) in [4.78, 5) is 27.4. The molecular formula is C14H15N3O4. The lowest BCUT2D eigenvalue weighted by Crippen LogP contribution is -2.31. The number of nitrogens with zero attached hydrogens (tertiary/aromatic N) is 3. The Morgan fingerprint density at radius 1 is 1.43 bits per heavy atom. The molecule has 0 aliphatic carbocycles. The number of carboxylic acid groups (broad SMARTS) is 1. The van der Waals surface area contributed by atoms with Gasteiger partial charge in [-0.2, -0.15) is 0 Å². The third-order valence-corrected chi connectivity index (χ3v) is 3.06. The maximum absolute atomic E-state index is 11.3. The minimum absolute atomic E-state index is 0.177. The lowest BCUT2D eigenvalue weighted by atomic mass is 10.1. The molecule has 0 saturated heterocycles. The molecule has 2 rings (SSSR count). The Bertz CT molecular complexity index is 687. The zero-order valence-corrected chi connectivity index (χ0v) is 11.5. The van der Waals surface area contributed by atoms with Gasteiger partial charge in [-0.25, -0.2) is 4.98 Å². The number of rotatable bonds is 6. The first-order valence-electron chi connectivity index (χ1n) is 6.53. The summed E-state index contributed by atoms with van der Waals surface area (Å²) in [5.74, 6) is -1.03. The topological polar surface area (TPSA) is 96.6 Å². The van der Waals surface area contributed by atoms with E-state index in [1.165, 1.54) is 11.1 Å². The number of hydrogen-bond donors (Lipinski definition) is 1. The van der Waals surface area contributed by atoms with Crippen molar-refractivity contribution in [2.75, 3.05) is 18.0 Å². The number of aromatic nitrogens is 1. The zero-order valence-electron chi connectivity index (χ0n) is 11.5. The second kappa shape index (κ2) is 6.17. The predicted octanol–water partition coefficient (Wildman–Crippen LogP) is 2.44. The summed E-state index contributed by atoms with van der Waals surface area (Å²) in [5, 5.41) is 20.9. The van der Waals surface area contributed by atoms with Crippen LogP contribution in [0.25, 0.3) is 10.9 Å². The number of anilines is 1. The van der Waals surface area contributed by atoms with Gasteiger partial charge in [-0.05, 0) is 12.5 Å². The van der Waals surface area contributed by atoms with Crippen molar-refractivity contribution in [3.8, 4) is 0 Å². The van der Waals surface area contributed by atoms with Crippen LogP contribution >= 0.6 is 0 Å². The van der Waals surface area contributed by atoms with Gasteiger partial charge in [0, 0.05) is 11.9 Å². The number of carboxylic acids is 1. The Morgan fingerprint density at radius 2 is 2.14 bits per heavy atom. The van der Waals surface area contributed by atoms with Crippen LogP contribution in [0.15, 0.2) is 30.5 Å². The Hall–Kier alpha value is -2.70. The van der Waals surface area contributed by atoms with E-state index in [1.54, 1.807) is 24.3 Å². The molecule has 0 radical (unpaired) electrons. The van der Waals surface area contributed by atoms with E-state index in [0.29, 0.717) is 29.6 Å². The van der Waals surface area contributed by atoms with Crippen LogP contribution in [0.3, 0.4) is 0 Å². The number of para-hydroxylation sites is 1. The van der Waals surface area contributed by atoms with Crippen LogP contribution in [0, 0.1) is 10.1 Å². The Morgan fingerprint density at radius 3 is 2.76 bits per heavy atom. The molecule has 7 nitrogen and oxygen atoms in total. The zero-order chi connectivity index (χ0) is 15.4. The molecule has 0 aliphatic heterocycles. The fourth-order valence-electron chi connectivity index (χ4n) is 2.29. The number of carbonyl (C=O) groups is 1. The molecule has 0 fully saturated rings. The van der Waals surface area contributed by atoms with Crippen molar-refractivity contribution >= 4 is 28.2 Å². The van der Waals surface area contributed by atoms with Gasteiger partial charge in [0.1, 0.15) is 18.4 Å². The maximum atomic E-state index is 11.3. The van der Waals surface area contributed by atoms with Crippen LogP contribution in [0.4, 0.5) is 11.4 Å². The van der Waals surface area contributed by atoms with Crippen molar-refractivity contribution in [2.45, 2.75) is 13.3 Å². The Kier molecular flexibility index (Phi) is 4.32. The van der Waals surface area contributed by atoms with E-state index in [4.69, 9.17) is 5.11 Å². The van der Waals surface area contributed by atoms with Gasteiger partial charge in [-0.15, -0.1) is 0 Å². The summed E-state index contributed by atoms with van der Waals surface area (Å²) in [6.45, 7) is 2.02. The molecule has 0 amide bonds. The molecule has 0 atom stereocenters. The van der Waals surface area contributed by atoms with Crippen molar-refractivity contribution in [3.63, 3.8) is 0 Å². The van der Waals surface area contributed by atoms with E-state index in [9.17, 15) is 14.9 Å². The predicted molar refractivity (Wildman–Crippen MR) is 78.5 cm³/mol. The number of fused-ring (bicyclic) bond motifs is 1. The van der Waals surface area contributed by atoms with Crippen LogP contribution in [0.5, 0.6) is 0 Å². The molecule has 0 saturated carbocycles. The lowest BCUT2D eigenvalue weighted by Gasteiger charge is -2.23. The van der Waals surface area contributed by atoms with Crippen LogP contribution in [-0.2, 0) is 4.79 Å². The van der Waals surface area contributed by atoms with E-state index in [2.05, 4.69) is 4.98 Å². The van der Waals surface area contributed by atoms with Crippen LogP contribution in [0.2, 0.25) is 0 Å². The van der Waals surface area contributed by atoms with Gasteiger partial charge in [0.15, 0.2) is 0 Å². The molecule has 110 valence electrons. The smallest absolute Gasteiger partial charge is 0.323 e. The minimum atomic E-state index is -1.03. The van der Waals surface area contributed by atoms with Crippen LogP contribution in [-0.4, -0.2) is 34.1 Å². The molecule has 1 heterocycles. The summed E-state index contributed by atoms with van der Waals surface area (Å²) in [5.41, 5.74) is 0.739. The lowest BCUT2D eigenvalue weighted by molar-refractivity contribution is -0.384. The second-order valence-corrected chi connectivity index (χ2v) is 4.58. The average molecular weight is 289 g/mol. The first-order valence-corrected chi connectivity index (χ1v) is 6.53. The van der Waals surface area contributed by atoms with Crippen molar-refractivity contribution in [2.24, 2.45) is 0 Å². The van der Waals surface area contributed by atoms with Crippen LogP contribution in [0.1, 0.15) is 13.3 Å². The van der Waals surface area contributed by atoms with E-state index in [-0.39, 0.29) is 12.2 Å². The molecule has 1 N–H and O–H groups in total. The highest BCUT2D eigenvalue weighted by Gasteiger charge is 2.24. The summed E-state index contributed by atoms with van der Waals surface area (Å²) < 4.78 is 0. The number of nitro groups is 1. The van der Waals surface area contributed by atoms with E-state index < -0.39 is 10.9 Å². The van der Waals surface area contributed by atoms with E-state index >= 15 is 0 Å². The standard InChI is InChI=1S/C14H15N3O4/c1-2-7-16(9-13(18)19)14-10-5-3-4-6-11(10)15-8-12(14)17(20)21/h3-6,8H,2,7,9H2,1H3,(H,18,19). The monoisotopic (exact) mass is 289 g/mol. The molecule has 0 bridgehead atoms. The summed E-state index contributed by atoms with van der Waals surface area (Å²) >= 11 is 0. The van der Waals surface area contributed by atoms with Gasteiger partial charge < -0.3 is 10.0 Å². The van der Waals surface area contributed by atoms with Gasteiger partial charge in [-0.1, -0.05) is 25.1 Å². The average Bonchev–Trinajstić information content (AvgIpc) is 2.45. The van der Waals surface area contributed by atoms with Gasteiger partial charge in [0.25, 0.3) is 0 Å². The molecule has 7 heteroatoms. The third-order valence-electron chi connectivity index (χ3n) is 3.06. The highest BCUT2D eigenvalue weighted by atomic mass is 16.6. The molecule has 0 spiro atoms. The summed E-state index contributed by atoms with van der Waals surface area (Å²) in [6, 6.07) is 7.00. The van der Waals surface area contributed by atoms with Crippen LogP contribution < -0.4 is 4.90 Å². The van der Waals surface area contributed by atoms with E-state index in [0.717, 1.165) is 0 Å². The molecule has 1 aromatic heterocycles. The highest BCUT2D eigenvalue weighted by Crippen LogP contribution is 2.34. The fraction of sp³-hybridized carbons (Fsp3) is 0.286. The summed E-state index contributed by atoms with van der Waals surface area (Å²) in [6.07, 6.45) is 1.86. The second-order valence-electron chi connectivity index (χ2n) is 4.58. The number of aliphatic carboxylic acids is 1. The molecular weight excluding hydrogens is 274 g/mol. The minimum Gasteiger partial charge on any atom is -0.480 e. The highest BCUT2D eigenvalue weighted by molar-refractivity contribution is 5.97. The number of hydrogen-bond acceptors (Lipinski definition) is 5. The van der Waals surface area contributed by atoms with Gasteiger partial charge in [0.2, 0.25) is 0 Å². The first kappa shape index (κ1) is 14.7. The van der Waals surface area contributed by atoms with Gasteiger partial charge >= 0.3 is 11.7 Å². The van der Waals surface area contributed by atoms with E-state index in [1.807, 2.05) is 6.92 Å². The fourth-order valence-corrected chi connectivity index (χ4v) is 2.29. The van der Waals surface area contributed by atoms with Crippen molar-refractivity contribution in [3.05, 3.63) is 40.6 Å². The number of pyridine rings is 1. The normalized spacial score (nSPS) is 10.5.